The standard InChI is InChI=1S/C38H46NOP/c1-9-38(10-2,41-36-27(3)18-17-23-33(36)29(5)39-32-21-15-12-16-22-32)34-25-31(37(6,7)8)24-28(4)35(34)40-26-30-19-13-11-14-20-30/h11-25,41H,9-10,26H2,1-8H3. The lowest BCUT2D eigenvalue weighted by molar-refractivity contribution is 0.296. The van der Waals surface area contributed by atoms with Crippen LogP contribution in [0.2, 0.25) is 0 Å². The predicted octanol–water partition coefficient (Wildman–Crippen LogP) is 10.3. The van der Waals surface area contributed by atoms with Gasteiger partial charge in [0.05, 0.1) is 5.69 Å². The van der Waals surface area contributed by atoms with Crippen LogP contribution in [0.5, 0.6) is 5.75 Å². The van der Waals surface area contributed by atoms with E-state index in [4.69, 9.17) is 9.73 Å². The van der Waals surface area contributed by atoms with Gasteiger partial charge < -0.3 is 4.74 Å². The SMILES string of the molecule is CCC(CC)(Pc1c(C)cccc1C(C)=Nc1ccccc1)c1cc(C(C)(C)C)cc(C)c1OCc1ccccc1. The molecule has 4 aromatic rings. The van der Waals surface area contributed by atoms with Crippen molar-refractivity contribution < 1.29 is 4.74 Å². The third-order valence-corrected chi connectivity index (χ3v) is 10.5. The number of rotatable bonds is 10. The maximum Gasteiger partial charge on any atom is 0.126 e. The monoisotopic (exact) mass is 563 g/mol. The van der Waals surface area contributed by atoms with E-state index in [0.717, 1.165) is 30.0 Å². The summed E-state index contributed by atoms with van der Waals surface area (Å²) in [5, 5.41) is 1.34. The van der Waals surface area contributed by atoms with Crippen molar-refractivity contribution in [3.63, 3.8) is 0 Å². The van der Waals surface area contributed by atoms with E-state index in [1.54, 1.807) is 0 Å². The highest BCUT2D eigenvalue weighted by atomic mass is 31.1. The lowest BCUT2D eigenvalue weighted by Crippen LogP contribution is -2.27. The quantitative estimate of drug-likeness (QED) is 0.139. The molecule has 0 aliphatic carbocycles. The second-order valence-corrected chi connectivity index (χ2v) is 13.8. The van der Waals surface area contributed by atoms with Crippen molar-refractivity contribution in [2.24, 2.45) is 4.99 Å². The Kier molecular flexibility index (Phi) is 9.88. The Hall–Kier alpha value is -3.22. The molecule has 41 heavy (non-hydrogen) atoms. The second kappa shape index (κ2) is 13.2. The predicted molar refractivity (Wildman–Crippen MR) is 180 cm³/mol. The minimum absolute atomic E-state index is 0.0422. The van der Waals surface area contributed by atoms with Gasteiger partial charge in [0.1, 0.15) is 12.4 Å². The van der Waals surface area contributed by atoms with Crippen LogP contribution in [-0.2, 0) is 17.2 Å². The van der Waals surface area contributed by atoms with Crippen molar-refractivity contribution >= 4 is 25.3 Å². The first-order chi connectivity index (χ1) is 19.6. The van der Waals surface area contributed by atoms with Gasteiger partial charge in [0, 0.05) is 22.0 Å². The van der Waals surface area contributed by atoms with E-state index in [-0.39, 0.29) is 10.6 Å². The Bertz CT molecular complexity index is 1480. The fourth-order valence-electron chi connectivity index (χ4n) is 5.49. The summed E-state index contributed by atoms with van der Waals surface area (Å²) in [4.78, 5) is 5.02. The molecule has 0 aliphatic heterocycles. The Balaban J connectivity index is 1.86. The fourth-order valence-corrected chi connectivity index (χ4v) is 7.32. The first kappa shape index (κ1) is 30.7. The topological polar surface area (TPSA) is 21.6 Å². The van der Waals surface area contributed by atoms with Gasteiger partial charge in [-0.15, -0.1) is 0 Å². The number of para-hydroxylation sites is 1. The van der Waals surface area contributed by atoms with Crippen LogP contribution in [0.25, 0.3) is 0 Å². The molecule has 3 heteroatoms. The third kappa shape index (κ3) is 7.17. The van der Waals surface area contributed by atoms with Crippen molar-refractivity contribution in [2.75, 3.05) is 0 Å². The van der Waals surface area contributed by atoms with Gasteiger partial charge in [-0.05, 0) is 78.7 Å². The molecular formula is C38H46NOP. The number of hydrogen-bond donors (Lipinski definition) is 0. The lowest BCUT2D eigenvalue weighted by atomic mass is 9.81. The molecule has 0 amide bonds. The van der Waals surface area contributed by atoms with Crippen LogP contribution in [0.15, 0.2) is 96.0 Å². The molecule has 0 N–H and O–H groups in total. The van der Waals surface area contributed by atoms with Gasteiger partial charge in [-0.3, -0.25) is 4.99 Å². The average molecular weight is 564 g/mol. The van der Waals surface area contributed by atoms with Crippen LogP contribution in [0, 0.1) is 13.8 Å². The van der Waals surface area contributed by atoms with Gasteiger partial charge >= 0.3 is 0 Å². The van der Waals surface area contributed by atoms with E-state index in [9.17, 15) is 0 Å². The van der Waals surface area contributed by atoms with Gasteiger partial charge in [0.25, 0.3) is 0 Å². The highest BCUT2D eigenvalue weighted by molar-refractivity contribution is 7.49. The Morgan fingerprint density at radius 1 is 0.780 bits per heavy atom. The zero-order chi connectivity index (χ0) is 29.6. The van der Waals surface area contributed by atoms with E-state index in [1.807, 2.05) is 18.2 Å². The maximum atomic E-state index is 6.74. The molecule has 4 rings (SSSR count). The summed E-state index contributed by atoms with van der Waals surface area (Å²) < 4.78 is 6.74. The molecule has 4 aromatic carbocycles. The van der Waals surface area contributed by atoms with E-state index in [2.05, 4.69) is 128 Å². The summed E-state index contributed by atoms with van der Waals surface area (Å²) in [6.07, 6.45) is 2.05. The van der Waals surface area contributed by atoms with E-state index < -0.39 is 0 Å². The first-order valence-electron chi connectivity index (χ1n) is 14.9. The summed E-state index contributed by atoms with van der Waals surface area (Å²) in [6.45, 7) is 18.8. The maximum absolute atomic E-state index is 6.74. The van der Waals surface area contributed by atoms with E-state index >= 15 is 0 Å². The number of aryl methyl sites for hydroxylation is 2. The van der Waals surface area contributed by atoms with Crippen LogP contribution in [-0.4, -0.2) is 5.71 Å². The highest BCUT2D eigenvalue weighted by Crippen LogP contribution is 2.52. The molecule has 2 nitrogen and oxygen atoms in total. The lowest BCUT2D eigenvalue weighted by Gasteiger charge is -2.37. The molecule has 1 atom stereocenters. The molecule has 0 aromatic heterocycles. The Morgan fingerprint density at radius 3 is 2.02 bits per heavy atom. The smallest absolute Gasteiger partial charge is 0.126 e. The van der Waals surface area contributed by atoms with Gasteiger partial charge in [0.2, 0.25) is 0 Å². The number of hydrogen-bond acceptors (Lipinski definition) is 2. The van der Waals surface area contributed by atoms with Crippen LogP contribution in [0.1, 0.15) is 87.8 Å². The number of aliphatic imine (C=N–C) groups is 1. The number of ether oxygens (including phenoxy) is 1. The molecule has 1 unspecified atom stereocenters. The summed E-state index contributed by atoms with van der Waals surface area (Å²) in [7, 11) is 0.577. The largest absolute Gasteiger partial charge is 0.488 e. The van der Waals surface area contributed by atoms with Crippen LogP contribution in [0.4, 0.5) is 5.69 Å². The van der Waals surface area contributed by atoms with Crippen molar-refractivity contribution in [3.8, 4) is 5.75 Å². The van der Waals surface area contributed by atoms with E-state index in [1.165, 1.54) is 38.7 Å². The van der Waals surface area contributed by atoms with Crippen molar-refractivity contribution in [1.29, 1.82) is 0 Å². The fraction of sp³-hybridized carbons (Fsp3) is 0.342. The van der Waals surface area contributed by atoms with Crippen LogP contribution < -0.4 is 10.0 Å². The normalized spacial score (nSPS) is 12.7. The van der Waals surface area contributed by atoms with Crippen LogP contribution in [0.3, 0.4) is 0 Å². The molecule has 0 radical (unpaired) electrons. The summed E-state index contributed by atoms with van der Waals surface area (Å²) in [5.41, 5.74) is 9.76. The zero-order valence-electron chi connectivity index (χ0n) is 26.1. The number of benzene rings is 4. The zero-order valence-corrected chi connectivity index (χ0v) is 27.1. The minimum Gasteiger partial charge on any atom is -0.488 e. The molecule has 214 valence electrons. The van der Waals surface area contributed by atoms with E-state index in [0.29, 0.717) is 15.2 Å². The first-order valence-corrected chi connectivity index (χ1v) is 15.9. The van der Waals surface area contributed by atoms with Crippen LogP contribution >= 0.6 is 8.58 Å². The molecule has 0 saturated heterocycles. The minimum atomic E-state index is -0.0636. The molecular weight excluding hydrogens is 517 g/mol. The van der Waals surface area contributed by atoms with Gasteiger partial charge in [0.15, 0.2) is 0 Å². The second-order valence-electron chi connectivity index (χ2n) is 12.1. The van der Waals surface area contributed by atoms with Crippen molar-refractivity contribution in [2.45, 2.75) is 85.4 Å². The highest BCUT2D eigenvalue weighted by Gasteiger charge is 2.35. The van der Waals surface area contributed by atoms with Crippen molar-refractivity contribution in [3.05, 3.63) is 124 Å². The summed E-state index contributed by atoms with van der Waals surface area (Å²) in [6, 6.07) is 32.2. The average Bonchev–Trinajstić information content (AvgIpc) is 2.96. The van der Waals surface area contributed by atoms with Gasteiger partial charge in [-0.25, -0.2) is 0 Å². The molecule has 0 spiro atoms. The van der Waals surface area contributed by atoms with Gasteiger partial charge in [-0.1, -0.05) is 122 Å². The molecule has 0 heterocycles. The van der Waals surface area contributed by atoms with Gasteiger partial charge in [-0.2, -0.15) is 0 Å². The Labute approximate surface area is 250 Å². The summed E-state index contributed by atoms with van der Waals surface area (Å²) in [5.74, 6) is 1.04. The molecule has 0 saturated carbocycles. The molecule has 0 aliphatic rings. The third-order valence-electron chi connectivity index (χ3n) is 8.17. The molecule has 0 bridgehead atoms. The Morgan fingerprint density at radius 2 is 1.41 bits per heavy atom. The van der Waals surface area contributed by atoms with Crippen molar-refractivity contribution in [1.82, 2.24) is 0 Å². The number of nitrogens with zero attached hydrogens (tertiary/aromatic N) is 1. The summed E-state index contributed by atoms with van der Waals surface area (Å²) >= 11 is 0. The molecule has 0 fully saturated rings.